The van der Waals surface area contributed by atoms with E-state index in [4.69, 9.17) is 4.74 Å². The quantitative estimate of drug-likeness (QED) is 0.746. The normalized spacial score (nSPS) is 16.6. The highest BCUT2D eigenvalue weighted by atomic mass is 19.4. The molecule has 3 rings (SSSR count). The third-order valence-corrected chi connectivity index (χ3v) is 4.94. The fraction of sp³-hybridized carbons (Fsp3) is 0.350. The van der Waals surface area contributed by atoms with E-state index in [1.54, 1.807) is 0 Å². The molecular weight excluding hydrogens is 397 g/mol. The highest BCUT2D eigenvalue weighted by Crippen LogP contribution is 2.36. The van der Waals surface area contributed by atoms with E-state index in [-0.39, 0.29) is 43.7 Å². The van der Waals surface area contributed by atoms with E-state index in [1.165, 1.54) is 23.1 Å². The number of ether oxygens (including phenoxy) is 1. The number of likely N-dealkylation sites (tertiary alicyclic amines) is 1. The van der Waals surface area contributed by atoms with E-state index in [1.807, 2.05) is 0 Å². The van der Waals surface area contributed by atoms with E-state index < -0.39 is 35.1 Å². The van der Waals surface area contributed by atoms with Gasteiger partial charge in [-0.15, -0.1) is 0 Å². The first-order valence-electron chi connectivity index (χ1n) is 8.84. The topological polar surface area (TPSA) is 49.8 Å². The van der Waals surface area contributed by atoms with Crippen molar-refractivity contribution in [3.8, 4) is 0 Å². The lowest BCUT2D eigenvalue weighted by Crippen LogP contribution is -2.45. The molecule has 1 aliphatic rings. The first-order valence-corrected chi connectivity index (χ1v) is 8.84. The summed E-state index contributed by atoms with van der Waals surface area (Å²) in [5.74, 6) is -1.59. The number of halogens is 5. The lowest BCUT2D eigenvalue weighted by atomic mass is 9.84. The molecule has 156 valence electrons. The smallest absolute Gasteiger partial charge is 0.416 e. The van der Waals surface area contributed by atoms with Gasteiger partial charge in [-0.05, 0) is 42.7 Å². The standard InChI is InChI=1S/C20H18F5NO3/c21-16-5-4-13(17(22)11-16)12-29-18(27)26-8-6-19(28,7-9-26)14-2-1-3-15(10-14)20(23,24)25/h1-5,10-11,28H,6-9,12H2. The van der Waals surface area contributed by atoms with Crippen molar-refractivity contribution in [1.29, 1.82) is 0 Å². The predicted octanol–water partition coefficient (Wildman–Crippen LogP) is 4.60. The van der Waals surface area contributed by atoms with Gasteiger partial charge in [-0.2, -0.15) is 13.2 Å². The molecule has 9 heteroatoms. The van der Waals surface area contributed by atoms with Gasteiger partial charge in [0, 0.05) is 24.7 Å². The highest BCUT2D eigenvalue weighted by molar-refractivity contribution is 5.67. The second-order valence-corrected chi connectivity index (χ2v) is 6.89. The van der Waals surface area contributed by atoms with Crippen molar-refractivity contribution >= 4 is 6.09 Å². The van der Waals surface area contributed by atoms with E-state index in [2.05, 4.69) is 0 Å². The zero-order valence-electron chi connectivity index (χ0n) is 15.2. The fourth-order valence-electron chi connectivity index (χ4n) is 3.20. The Kier molecular flexibility index (Phi) is 5.79. The number of aliphatic hydroxyl groups is 1. The molecule has 0 radical (unpaired) electrons. The van der Waals surface area contributed by atoms with Crippen molar-refractivity contribution in [3.63, 3.8) is 0 Å². The number of piperidine rings is 1. The van der Waals surface area contributed by atoms with Crippen molar-refractivity contribution in [2.24, 2.45) is 0 Å². The van der Waals surface area contributed by atoms with Crippen LogP contribution in [0.2, 0.25) is 0 Å². The van der Waals surface area contributed by atoms with Crippen LogP contribution in [0.5, 0.6) is 0 Å². The van der Waals surface area contributed by atoms with Crippen LogP contribution < -0.4 is 0 Å². The van der Waals surface area contributed by atoms with E-state index in [9.17, 15) is 31.9 Å². The molecule has 0 unspecified atom stereocenters. The summed E-state index contributed by atoms with van der Waals surface area (Å²) in [5, 5.41) is 10.8. The van der Waals surface area contributed by atoms with E-state index in [0.717, 1.165) is 18.2 Å². The molecule has 0 spiro atoms. The van der Waals surface area contributed by atoms with Gasteiger partial charge in [0.05, 0.1) is 11.2 Å². The lowest BCUT2D eigenvalue weighted by molar-refractivity contribution is -0.137. The van der Waals surface area contributed by atoms with Gasteiger partial charge >= 0.3 is 12.3 Å². The maximum atomic E-state index is 13.6. The molecule has 0 aliphatic carbocycles. The van der Waals surface area contributed by atoms with Crippen molar-refractivity contribution in [2.45, 2.75) is 31.2 Å². The van der Waals surface area contributed by atoms with Crippen LogP contribution in [0, 0.1) is 11.6 Å². The summed E-state index contributed by atoms with van der Waals surface area (Å²) >= 11 is 0. The van der Waals surface area contributed by atoms with Crippen molar-refractivity contribution in [2.75, 3.05) is 13.1 Å². The Morgan fingerprint density at radius 3 is 2.41 bits per heavy atom. The molecule has 1 N–H and O–H groups in total. The second kappa shape index (κ2) is 7.98. The van der Waals surface area contributed by atoms with Crippen LogP contribution in [0.15, 0.2) is 42.5 Å². The predicted molar refractivity (Wildman–Crippen MR) is 92.7 cm³/mol. The molecule has 0 atom stereocenters. The number of rotatable bonds is 3. The summed E-state index contributed by atoms with van der Waals surface area (Å²) in [7, 11) is 0. The average molecular weight is 415 g/mol. The Labute approximate surface area is 163 Å². The third kappa shape index (κ3) is 4.84. The van der Waals surface area contributed by atoms with Crippen molar-refractivity contribution in [1.82, 2.24) is 4.90 Å². The highest BCUT2D eigenvalue weighted by Gasteiger charge is 2.38. The molecule has 1 aliphatic heterocycles. The average Bonchev–Trinajstić information content (AvgIpc) is 2.67. The monoisotopic (exact) mass is 415 g/mol. The van der Waals surface area contributed by atoms with E-state index >= 15 is 0 Å². The lowest BCUT2D eigenvalue weighted by Gasteiger charge is -2.38. The largest absolute Gasteiger partial charge is 0.444 e. The maximum Gasteiger partial charge on any atom is 0.416 e. The van der Waals surface area contributed by atoms with Gasteiger partial charge in [-0.3, -0.25) is 0 Å². The van der Waals surface area contributed by atoms with Crippen molar-refractivity contribution < 1.29 is 36.6 Å². The summed E-state index contributed by atoms with van der Waals surface area (Å²) in [5.41, 5.74) is -2.21. The first-order chi connectivity index (χ1) is 13.6. The maximum absolute atomic E-state index is 13.6. The number of nitrogens with zero attached hydrogens (tertiary/aromatic N) is 1. The summed E-state index contributed by atoms with van der Waals surface area (Å²) in [6.45, 7) is -0.283. The van der Waals surface area contributed by atoms with Gasteiger partial charge < -0.3 is 14.7 Å². The fourth-order valence-corrected chi connectivity index (χ4v) is 3.20. The third-order valence-electron chi connectivity index (χ3n) is 4.94. The molecule has 2 aromatic rings. The summed E-state index contributed by atoms with van der Waals surface area (Å²) < 4.78 is 70.2. The summed E-state index contributed by atoms with van der Waals surface area (Å²) in [6, 6.07) is 7.37. The Bertz CT molecular complexity index is 892. The molecule has 0 saturated carbocycles. The summed E-state index contributed by atoms with van der Waals surface area (Å²) in [4.78, 5) is 13.4. The zero-order valence-corrected chi connectivity index (χ0v) is 15.2. The van der Waals surface area contributed by atoms with Crippen LogP contribution in [0.25, 0.3) is 0 Å². The minimum Gasteiger partial charge on any atom is -0.444 e. The molecule has 1 heterocycles. The summed E-state index contributed by atoms with van der Waals surface area (Å²) in [6.07, 6.45) is -5.23. The van der Waals surface area contributed by atoms with Crippen LogP contribution >= 0.6 is 0 Å². The Morgan fingerprint density at radius 2 is 1.79 bits per heavy atom. The number of amides is 1. The first kappa shape index (κ1) is 21.0. The van der Waals surface area contributed by atoms with Crippen molar-refractivity contribution in [3.05, 3.63) is 70.8 Å². The molecule has 1 fully saturated rings. The van der Waals surface area contributed by atoms with Crippen LogP contribution in [0.1, 0.15) is 29.5 Å². The number of alkyl halides is 3. The van der Waals surface area contributed by atoms with E-state index in [0.29, 0.717) is 6.07 Å². The molecule has 2 aromatic carbocycles. The van der Waals surface area contributed by atoms with Gasteiger partial charge in [-0.1, -0.05) is 12.1 Å². The van der Waals surface area contributed by atoms with Crippen LogP contribution in [0.3, 0.4) is 0 Å². The molecule has 1 amide bonds. The van der Waals surface area contributed by atoms with Gasteiger partial charge in [0.2, 0.25) is 0 Å². The molecule has 29 heavy (non-hydrogen) atoms. The second-order valence-electron chi connectivity index (χ2n) is 6.89. The number of hydrogen-bond donors (Lipinski definition) is 1. The van der Waals surface area contributed by atoms with Gasteiger partial charge in [0.1, 0.15) is 18.2 Å². The minimum absolute atomic E-state index is 0.0113. The molecule has 0 bridgehead atoms. The Hall–Kier alpha value is -2.68. The Balaban J connectivity index is 1.60. The minimum atomic E-state index is -4.52. The zero-order chi connectivity index (χ0) is 21.2. The van der Waals surface area contributed by atoms with Gasteiger partial charge in [0.25, 0.3) is 0 Å². The SMILES string of the molecule is O=C(OCc1ccc(F)cc1F)N1CCC(O)(c2cccc(C(F)(F)F)c2)CC1. The number of carbonyl (C=O) groups excluding carboxylic acids is 1. The van der Waals surface area contributed by atoms with Crippen LogP contribution in [-0.4, -0.2) is 29.2 Å². The van der Waals surface area contributed by atoms with Gasteiger partial charge in [-0.25, -0.2) is 13.6 Å². The molecule has 1 saturated heterocycles. The molecule has 0 aromatic heterocycles. The number of benzene rings is 2. The van der Waals surface area contributed by atoms with Gasteiger partial charge in [0.15, 0.2) is 0 Å². The van der Waals surface area contributed by atoms with Crippen LogP contribution in [0.4, 0.5) is 26.7 Å². The number of hydrogen-bond acceptors (Lipinski definition) is 3. The van der Waals surface area contributed by atoms with Crippen LogP contribution in [-0.2, 0) is 23.1 Å². The Morgan fingerprint density at radius 1 is 1.10 bits per heavy atom. The molecule has 4 nitrogen and oxygen atoms in total. The molecular formula is C20H18F5NO3. The number of carbonyl (C=O) groups is 1.